The fraction of sp³-hybridized carbons (Fsp3) is 0.429. The van der Waals surface area contributed by atoms with Gasteiger partial charge < -0.3 is 14.2 Å². The maximum atomic E-state index is 12.7. The van der Waals surface area contributed by atoms with E-state index in [0.717, 1.165) is 30.6 Å². The predicted molar refractivity (Wildman–Crippen MR) is 115 cm³/mol. The third-order valence-corrected chi connectivity index (χ3v) is 8.39. The van der Waals surface area contributed by atoms with Crippen LogP contribution < -0.4 is 9.47 Å². The number of rotatable bonds is 9. The molecule has 168 valence electrons. The Morgan fingerprint density at radius 2 is 1.77 bits per heavy atom. The molecular formula is C21H25NO7S2. The minimum atomic E-state index is -3.53. The van der Waals surface area contributed by atoms with Crippen LogP contribution in [-0.4, -0.2) is 58.4 Å². The number of benzene rings is 1. The van der Waals surface area contributed by atoms with Gasteiger partial charge >= 0.3 is 5.97 Å². The number of esters is 1. The van der Waals surface area contributed by atoms with Crippen LogP contribution in [0.15, 0.2) is 34.5 Å². The van der Waals surface area contributed by atoms with Crippen molar-refractivity contribution in [2.45, 2.75) is 29.9 Å². The maximum Gasteiger partial charge on any atom is 0.311 e. The summed E-state index contributed by atoms with van der Waals surface area (Å²) in [6, 6.07) is 7.91. The summed E-state index contributed by atoms with van der Waals surface area (Å²) in [7, 11) is -0.609. The minimum Gasteiger partial charge on any atom is -0.497 e. The van der Waals surface area contributed by atoms with Crippen LogP contribution >= 0.6 is 11.3 Å². The molecule has 10 heteroatoms. The van der Waals surface area contributed by atoms with E-state index in [2.05, 4.69) is 0 Å². The maximum absolute atomic E-state index is 12.7. The summed E-state index contributed by atoms with van der Waals surface area (Å²) in [5.41, 5.74) is 0.251. The summed E-state index contributed by atoms with van der Waals surface area (Å²) in [4.78, 5) is 25.2. The average Bonchev–Trinajstić information content (AvgIpc) is 3.26. The Labute approximate surface area is 185 Å². The van der Waals surface area contributed by atoms with Crippen LogP contribution in [-0.2, 0) is 26.0 Å². The molecule has 0 saturated carbocycles. The Morgan fingerprint density at radius 1 is 1.03 bits per heavy atom. The van der Waals surface area contributed by atoms with Gasteiger partial charge in [-0.25, -0.2) is 8.42 Å². The number of nitrogens with zero attached hydrogens (tertiary/aromatic N) is 1. The van der Waals surface area contributed by atoms with Crippen molar-refractivity contribution in [2.75, 3.05) is 33.9 Å². The third-order valence-electron chi connectivity index (χ3n) is 4.94. The number of carbonyl (C=O) groups excluding carboxylic acids is 2. The van der Waals surface area contributed by atoms with Crippen LogP contribution in [0.5, 0.6) is 11.5 Å². The Hall–Kier alpha value is -2.43. The summed E-state index contributed by atoms with van der Waals surface area (Å²) in [5.74, 6) is -0.202. The number of hydrogen-bond acceptors (Lipinski definition) is 8. The lowest BCUT2D eigenvalue weighted by Gasteiger charge is -2.25. The number of ether oxygens (including phenoxy) is 3. The molecule has 0 amide bonds. The molecule has 1 saturated heterocycles. The lowest BCUT2D eigenvalue weighted by molar-refractivity contribution is -0.141. The van der Waals surface area contributed by atoms with Gasteiger partial charge in [-0.1, -0.05) is 6.42 Å². The molecule has 1 aliphatic heterocycles. The number of ketones is 1. The second-order valence-electron chi connectivity index (χ2n) is 7.01. The Balaban J connectivity index is 1.59. The molecule has 0 aliphatic carbocycles. The highest BCUT2D eigenvalue weighted by atomic mass is 32.2. The monoisotopic (exact) mass is 467 g/mol. The van der Waals surface area contributed by atoms with Crippen LogP contribution in [0.4, 0.5) is 0 Å². The van der Waals surface area contributed by atoms with E-state index in [1.807, 2.05) is 0 Å². The molecule has 2 aromatic rings. The molecule has 1 fully saturated rings. The fourth-order valence-electron chi connectivity index (χ4n) is 3.27. The highest BCUT2D eigenvalue weighted by Gasteiger charge is 2.27. The smallest absolute Gasteiger partial charge is 0.311 e. The number of hydrogen-bond donors (Lipinski definition) is 0. The van der Waals surface area contributed by atoms with E-state index < -0.39 is 28.4 Å². The van der Waals surface area contributed by atoms with Crippen LogP contribution in [0.25, 0.3) is 0 Å². The molecule has 1 aromatic heterocycles. The van der Waals surface area contributed by atoms with Gasteiger partial charge in [-0.2, -0.15) is 4.31 Å². The van der Waals surface area contributed by atoms with Crippen molar-refractivity contribution in [3.63, 3.8) is 0 Å². The fourth-order valence-corrected chi connectivity index (χ4v) is 6.29. The number of Topliss-reactive ketones (excluding diaryl/α,β-unsaturated/α-hetero) is 1. The van der Waals surface area contributed by atoms with Crippen LogP contribution in [0, 0.1) is 0 Å². The van der Waals surface area contributed by atoms with E-state index in [1.165, 1.54) is 30.7 Å². The quantitative estimate of drug-likeness (QED) is 0.413. The molecular weight excluding hydrogens is 442 g/mol. The van der Waals surface area contributed by atoms with E-state index in [4.69, 9.17) is 14.2 Å². The summed E-state index contributed by atoms with van der Waals surface area (Å²) in [6.45, 7) is 0.591. The van der Waals surface area contributed by atoms with Gasteiger partial charge in [-0.15, -0.1) is 11.3 Å². The second-order valence-corrected chi connectivity index (χ2v) is 10.3. The molecule has 0 bridgehead atoms. The molecule has 2 heterocycles. The SMILES string of the molecule is COc1ccc(OC)c(C(=O)COC(=O)Cc2ccc(S(=O)(=O)N3CCCCC3)s2)c1. The van der Waals surface area contributed by atoms with Crippen LogP contribution in [0.3, 0.4) is 0 Å². The first-order chi connectivity index (χ1) is 14.8. The van der Waals surface area contributed by atoms with Gasteiger partial charge in [0.2, 0.25) is 5.78 Å². The molecule has 0 unspecified atom stereocenters. The first kappa shape index (κ1) is 23.2. The van der Waals surface area contributed by atoms with Gasteiger partial charge in [-0.05, 0) is 43.2 Å². The van der Waals surface area contributed by atoms with E-state index in [1.54, 1.807) is 18.2 Å². The normalized spacial score (nSPS) is 14.8. The van der Waals surface area contributed by atoms with E-state index in [9.17, 15) is 18.0 Å². The van der Waals surface area contributed by atoms with Gasteiger partial charge in [0.15, 0.2) is 6.61 Å². The van der Waals surface area contributed by atoms with Gasteiger partial charge in [-0.3, -0.25) is 9.59 Å². The molecule has 0 N–H and O–H groups in total. The Morgan fingerprint density at radius 3 is 2.45 bits per heavy atom. The first-order valence-corrected chi connectivity index (χ1v) is 12.1. The largest absolute Gasteiger partial charge is 0.497 e. The Bertz CT molecular complexity index is 1040. The van der Waals surface area contributed by atoms with Gasteiger partial charge in [0, 0.05) is 18.0 Å². The number of piperidine rings is 1. The number of thiophene rings is 1. The van der Waals surface area contributed by atoms with Gasteiger partial charge in [0.25, 0.3) is 10.0 Å². The van der Waals surface area contributed by atoms with Gasteiger partial charge in [0.05, 0.1) is 26.2 Å². The van der Waals surface area contributed by atoms with Crippen LogP contribution in [0.2, 0.25) is 0 Å². The number of sulfonamides is 1. The van der Waals surface area contributed by atoms with E-state index in [0.29, 0.717) is 29.5 Å². The zero-order valence-electron chi connectivity index (χ0n) is 17.5. The zero-order valence-corrected chi connectivity index (χ0v) is 19.1. The van der Waals surface area contributed by atoms with Crippen molar-refractivity contribution < 1.29 is 32.2 Å². The summed E-state index contributed by atoms with van der Waals surface area (Å²) < 4.78 is 42.6. The van der Waals surface area contributed by atoms with Crippen molar-refractivity contribution in [1.82, 2.24) is 4.31 Å². The van der Waals surface area contributed by atoms with Crippen molar-refractivity contribution >= 4 is 33.1 Å². The van der Waals surface area contributed by atoms with E-state index in [-0.39, 0.29) is 16.2 Å². The minimum absolute atomic E-state index is 0.108. The highest BCUT2D eigenvalue weighted by Crippen LogP contribution is 2.28. The van der Waals surface area contributed by atoms with E-state index >= 15 is 0 Å². The molecule has 1 aliphatic rings. The standard InChI is InChI=1S/C21H25NO7S2/c1-27-15-6-8-19(28-2)17(12-15)18(23)14-29-20(24)13-16-7-9-21(30-16)31(25,26)22-10-4-3-5-11-22/h6-9,12H,3-5,10-11,13-14H2,1-2H3. The lowest BCUT2D eigenvalue weighted by atomic mass is 10.1. The molecule has 31 heavy (non-hydrogen) atoms. The average molecular weight is 468 g/mol. The summed E-state index contributed by atoms with van der Waals surface area (Å²) in [6.07, 6.45) is 2.64. The summed E-state index contributed by atoms with van der Waals surface area (Å²) in [5, 5.41) is 0. The molecule has 0 radical (unpaired) electrons. The third kappa shape index (κ3) is 5.63. The van der Waals surface area contributed by atoms with Crippen molar-refractivity contribution in [3.8, 4) is 11.5 Å². The Kier molecular flexibility index (Phi) is 7.69. The molecule has 3 rings (SSSR count). The van der Waals surface area contributed by atoms with Crippen molar-refractivity contribution in [3.05, 3.63) is 40.8 Å². The van der Waals surface area contributed by atoms with Crippen molar-refractivity contribution in [2.24, 2.45) is 0 Å². The van der Waals surface area contributed by atoms with Crippen molar-refractivity contribution in [1.29, 1.82) is 0 Å². The summed E-state index contributed by atoms with van der Waals surface area (Å²) >= 11 is 1.05. The molecule has 0 spiro atoms. The van der Waals surface area contributed by atoms with Crippen LogP contribution in [0.1, 0.15) is 34.5 Å². The molecule has 8 nitrogen and oxygen atoms in total. The first-order valence-electron chi connectivity index (χ1n) is 9.85. The molecule has 0 atom stereocenters. The number of methoxy groups -OCH3 is 2. The zero-order chi connectivity index (χ0) is 22.4. The highest BCUT2D eigenvalue weighted by molar-refractivity contribution is 7.91. The second kappa shape index (κ2) is 10.3. The topological polar surface area (TPSA) is 99.2 Å². The number of carbonyl (C=O) groups is 2. The predicted octanol–water partition coefficient (Wildman–Crippen LogP) is 2.91. The lowest BCUT2D eigenvalue weighted by Crippen LogP contribution is -2.35. The molecule has 1 aromatic carbocycles. The van der Waals surface area contributed by atoms with Gasteiger partial charge in [0.1, 0.15) is 15.7 Å².